The Morgan fingerprint density at radius 3 is 2.76 bits per heavy atom. The fraction of sp³-hybridized carbons (Fsp3) is 0.700. The minimum atomic E-state index is -3.50. The van der Waals surface area contributed by atoms with Crippen molar-refractivity contribution in [2.75, 3.05) is 0 Å². The first kappa shape index (κ1) is 12.5. The van der Waals surface area contributed by atoms with Crippen LogP contribution in [0.25, 0.3) is 0 Å². The summed E-state index contributed by atoms with van der Waals surface area (Å²) < 4.78 is 26.9. The first-order chi connectivity index (χ1) is 8.00. The lowest BCUT2D eigenvalue weighted by molar-refractivity contribution is 0.361. The molecule has 0 unspecified atom stereocenters. The number of hydrogen-bond donors (Lipinski definition) is 3. The molecule has 4 N–H and O–H groups in total. The minimum Gasteiger partial charge on any atom is -0.326 e. The Morgan fingerprint density at radius 2 is 2.18 bits per heavy atom. The molecule has 2 atom stereocenters. The van der Waals surface area contributed by atoms with Crippen LogP contribution in [-0.4, -0.2) is 30.7 Å². The van der Waals surface area contributed by atoms with Gasteiger partial charge in [-0.3, -0.25) is 5.10 Å². The number of aryl methyl sites for hydroxylation is 1. The Balaban J connectivity index is 2.15. The third-order valence-electron chi connectivity index (χ3n) is 3.20. The molecule has 6 nitrogen and oxygen atoms in total. The Kier molecular flexibility index (Phi) is 3.50. The summed E-state index contributed by atoms with van der Waals surface area (Å²) in [5, 5.41) is 6.35. The molecule has 1 heterocycles. The van der Waals surface area contributed by atoms with E-state index in [0.717, 1.165) is 25.7 Å². The summed E-state index contributed by atoms with van der Waals surface area (Å²) in [4.78, 5) is 0.204. The van der Waals surface area contributed by atoms with E-state index in [0.29, 0.717) is 5.69 Å². The molecule has 1 aliphatic carbocycles. The maximum atomic E-state index is 12.1. The molecule has 17 heavy (non-hydrogen) atoms. The molecule has 2 rings (SSSR count). The molecule has 0 aromatic carbocycles. The van der Waals surface area contributed by atoms with Gasteiger partial charge in [-0.05, 0) is 19.8 Å². The first-order valence-electron chi connectivity index (χ1n) is 5.78. The van der Waals surface area contributed by atoms with Crippen molar-refractivity contribution in [2.24, 2.45) is 5.73 Å². The van der Waals surface area contributed by atoms with Gasteiger partial charge < -0.3 is 5.73 Å². The van der Waals surface area contributed by atoms with Crippen LogP contribution in [0.1, 0.15) is 31.4 Å². The van der Waals surface area contributed by atoms with Gasteiger partial charge in [-0.2, -0.15) is 5.10 Å². The van der Waals surface area contributed by atoms with E-state index >= 15 is 0 Å². The van der Waals surface area contributed by atoms with Crippen LogP contribution in [0.5, 0.6) is 0 Å². The highest BCUT2D eigenvalue weighted by Crippen LogP contribution is 2.20. The molecular weight excluding hydrogens is 240 g/mol. The van der Waals surface area contributed by atoms with Gasteiger partial charge in [0.15, 0.2) is 0 Å². The lowest BCUT2D eigenvalue weighted by atomic mass is 9.92. The third kappa shape index (κ3) is 2.67. The van der Waals surface area contributed by atoms with E-state index in [9.17, 15) is 8.42 Å². The van der Waals surface area contributed by atoms with E-state index in [1.807, 2.05) is 0 Å². The molecule has 0 amide bonds. The quantitative estimate of drug-likeness (QED) is 0.724. The standard InChI is InChI=1S/C10H18N4O2S/c1-7-10(6-12-13-7)17(15,16)14-9-5-3-2-4-8(9)11/h6,8-9,14H,2-5,11H2,1H3,(H,12,13)/t8-,9-/m1/s1. The zero-order valence-corrected chi connectivity index (χ0v) is 10.6. The number of aromatic nitrogens is 2. The SMILES string of the molecule is Cc1[nH]ncc1S(=O)(=O)N[C@@H]1CCCC[C@H]1N. The summed E-state index contributed by atoms with van der Waals surface area (Å²) in [6.45, 7) is 1.68. The topological polar surface area (TPSA) is 101 Å². The number of nitrogens with zero attached hydrogens (tertiary/aromatic N) is 1. The normalized spacial score (nSPS) is 26.0. The van der Waals surface area contributed by atoms with Gasteiger partial charge in [-0.15, -0.1) is 0 Å². The molecular formula is C10H18N4O2S. The largest absolute Gasteiger partial charge is 0.326 e. The highest BCUT2D eigenvalue weighted by Gasteiger charge is 2.28. The van der Waals surface area contributed by atoms with Crippen LogP contribution in [0.3, 0.4) is 0 Å². The van der Waals surface area contributed by atoms with Crippen molar-refractivity contribution in [3.63, 3.8) is 0 Å². The van der Waals surface area contributed by atoms with E-state index in [1.54, 1.807) is 6.92 Å². The smallest absolute Gasteiger partial charge is 0.244 e. The highest BCUT2D eigenvalue weighted by molar-refractivity contribution is 7.89. The van der Waals surface area contributed by atoms with E-state index in [2.05, 4.69) is 14.9 Å². The van der Waals surface area contributed by atoms with Gasteiger partial charge >= 0.3 is 0 Å². The van der Waals surface area contributed by atoms with Crippen LogP contribution < -0.4 is 10.5 Å². The average molecular weight is 258 g/mol. The van der Waals surface area contributed by atoms with Crippen LogP contribution in [-0.2, 0) is 10.0 Å². The number of nitrogens with one attached hydrogen (secondary N) is 2. The van der Waals surface area contributed by atoms with Gasteiger partial charge in [0, 0.05) is 12.1 Å². The van der Waals surface area contributed by atoms with Gasteiger partial charge in [0.1, 0.15) is 4.90 Å². The fourth-order valence-electron chi connectivity index (χ4n) is 2.18. The first-order valence-corrected chi connectivity index (χ1v) is 7.27. The fourth-order valence-corrected chi connectivity index (χ4v) is 3.64. The predicted octanol–water partition coefficient (Wildman–Crippen LogP) is 0.266. The van der Waals surface area contributed by atoms with Crippen LogP contribution in [0.4, 0.5) is 0 Å². The van der Waals surface area contributed by atoms with Crippen LogP contribution in [0, 0.1) is 6.92 Å². The number of rotatable bonds is 3. The maximum absolute atomic E-state index is 12.1. The zero-order valence-electron chi connectivity index (χ0n) is 9.81. The maximum Gasteiger partial charge on any atom is 0.244 e. The molecule has 1 fully saturated rings. The summed E-state index contributed by atoms with van der Waals surface area (Å²) in [6, 6.07) is -0.256. The van der Waals surface area contributed by atoms with Crippen molar-refractivity contribution >= 4 is 10.0 Å². The zero-order chi connectivity index (χ0) is 12.5. The van der Waals surface area contributed by atoms with Crippen LogP contribution in [0.2, 0.25) is 0 Å². The lowest BCUT2D eigenvalue weighted by Gasteiger charge is -2.28. The number of sulfonamides is 1. The Hall–Kier alpha value is -0.920. The summed E-state index contributed by atoms with van der Waals surface area (Å²) in [7, 11) is -3.50. The number of hydrogen-bond acceptors (Lipinski definition) is 4. The second-order valence-corrected chi connectivity index (χ2v) is 6.22. The van der Waals surface area contributed by atoms with Gasteiger partial charge in [-0.25, -0.2) is 13.1 Å². The van der Waals surface area contributed by atoms with E-state index in [4.69, 9.17) is 5.73 Å². The van der Waals surface area contributed by atoms with Crippen LogP contribution in [0.15, 0.2) is 11.1 Å². The van der Waals surface area contributed by atoms with Crippen molar-refractivity contribution in [3.8, 4) is 0 Å². The van der Waals surface area contributed by atoms with E-state index in [1.165, 1.54) is 6.20 Å². The second-order valence-electron chi connectivity index (χ2n) is 4.54. The molecule has 0 aliphatic heterocycles. The molecule has 1 aromatic rings. The molecule has 1 aromatic heterocycles. The molecule has 0 saturated heterocycles. The van der Waals surface area contributed by atoms with Gasteiger partial charge in [-0.1, -0.05) is 12.8 Å². The Labute approximate surface area is 101 Å². The number of nitrogens with two attached hydrogens (primary N) is 1. The van der Waals surface area contributed by atoms with Crippen molar-refractivity contribution in [3.05, 3.63) is 11.9 Å². The summed E-state index contributed by atoms with van der Waals surface area (Å²) in [5.74, 6) is 0. The number of aromatic amines is 1. The Bertz CT molecular complexity index is 482. The van der Waals surface area contributed by atoms with Crippen molar-refractivity contribution in [1.82, 2.24) is 14.9 Å². The van der Waals surface area contributed by atoms with Crippen LogP contribution >= 0.6 is 0 Å². The predicted molar refractivity (Wildman–Crippen MR) is 63.9 cm³/mol. The van der Waals surface area contributed by atoms with E-state index in [-0.39, 0.29) is 17.0 Å². The molecule has 1 saturated carbocycles. The lowest BCUT2D eigenvalue weighted by Crippen LogP contribution is -2.49. The molecule has 1 aliphatic rings. The van der Waals surface area contributed by atoms with Crippen molar-refractivity contribution in [2.45, 2.75) is 49.6 Å². The van der Waals surface area contributed by atoms with Gasteiger partial charge in [0.05, 0.1) is 11.9 Å². The third-order valence-corrected chi connectivity index (χ3v) is 4.80. The summed E-state index contributed by atoms with van der Waals surface area (Å²) >= 11 is 0. The average Bonchev–Trinajstić information content (AvgIpc) is 2.68. The molecule has 96 valence electrons. The molecule has 7 heteroatoms. The summed E-state index contributed by atoms with van der Waals surface area (Å²) in [5.41, 5.74) is 6.47. The molecule has 0 spiro atoms. The second kappa shape index (κ2) is 4.75. The van der Waals surface area contributed by atoms with Gasteiger partial charge in [0.25, 0.3) is 0 Å². The monoisotopic (exact) mass is 258 g/mol. The van der Waals surface area contributed by atoms with Crippen molar-refractivity contribution < 1.29 is 8.42 Å². The number of H-pyrrole nitrogens is 1. The molecule has 0 radical (unpaired) electrons. The summed E-state index contributed by atoms with van der Waals surface area (Å²) in [6.07, 6.45) is 5.09. The van der Waals surface area contributed by atoms with Crippen molar-refractivity contribution in [1.29, 1.82) is 0 Å². The van der Waals surface area contributed by atoms with Gasteiger partial charge in [0.2, 0.25) is 10.0 Å². The highest BCUT2D eigenvalue weighted by atomic mass is 32.2. The van der Waals surface area contributed by atoms with E-state index < -0.39 is 10.0 Å². The minimum absolute atomic E-state index is 0.0919. The molecule has 0 bridgehead atoms. The Morgan fingerprint density at radius 1 is 1.47 bits per heavy atom.